The number of ketones is 1. The van der Waals surface area contributed by atoms with E-state index in [1.54, 1.807) is 38.3 Å². The number of anilines is 1. The monoisotopic (exact) mass is 293 g/mol. The summed E-state index contributed by atoms with van der Waals surface area (Å²) in [5.74, 6) is -0.120. The first-order valence-electron chi connectivity index (χ1n) is 7.11. The molecule has 0 saturated carbocycles. The Labute approximate surface area is 125 Å². The van der Waals surface area contributed by atoms with Crippen LogP contribution in [0.15, 0.2) is 24.3 Å². The van der Waals surface area contributed by atoms with Crippen LogP contribution in [-0.2, 0) is 14.3 Å². The fraction of sp³-hybridized carbons (Fsp3) is 0.500. The predicted octanol–water partition coefficient (Wildman–Crippen LogP) is 2.65. The summed E-state index contributed by atoms with van der Waals surface area (Å²) in [7, 11) is 1.59. The molecule has 5 heteroatoms. The van der Waals surface area contributed by atoms with Gasteiger partial charge in [-0.3, -0.25) is 4.79 Å². The summed E-state index contributed by atoms with van der Waals surface area (Å²) in [6.45, 7) is 5.41. The summed E-state index contributed by atoms with van der Waals surface area (Å²) in [5, 5.41) is 3.10. The first-order valence-corrected chi connectivity index (χ1v) is 7.11. The van der Waals surface area contributed by atoms with Gasteiger partial charge in [0.1, 0.15) is 17.6 Å². The Morgan fingerprint density at radius 2 is 1.81 bits per heavy atom. The van der Waals surface area contributed by atoms with Crippen molar-refractivity contribution in [3.8, 4) is 5.75 Å². The molecule has 0 aliphatic carbocycles. The van der Waals surface area contributed by atoms with Gasteiger partial charge in [0.15, 0.2) is 0 Å². The van der Waals surface area contributed by atoms with Crippen LogP contribution in [0.2, 0.25) is 0 Å². The topological polar surface area (TPSA) is 64.6 Å². The Morgan fingerprint density at radius 3 is 2.24 bits per heavy atom. The number of benzene rings is 1. The lowest BCUT2D eigenvalue weighted by Crippen LogP contribution is -2.41. The Bertz CT molecular complexity index is 470. The number of rotatable bonds is 8. The van der Waals surface area contributed by atoms with Gasteiger partial charge in [0.2, 0.25) is 0 Å². The van der Waals surface area contributed by atoms with Crippen LogP contribution in [0.3, 0.4) is 0 Å². The summed E-state index contributed by atoms with van der Waals surface area (Å²) in [4.78, 5) is 23.9. The van der Waals surface area contributed by atoms with Crippen LogP contribution in [0.4, 0.5) is 5.69 Å². The second kappa shape index (κ2) is 8.29. The minimum absolute atomic E-state index is 0.0310. The maximum atomic E-state index is 12.1. The fourth-order valence-corrected chi connectivity index (χ4v) is 2.18. The SMILES string of the molecule is CCOC(=O)[C@@H](Nc1ccc(OC)cc1)[C@@H](CC)C(C)=O. The average molecular weight is 293 g/mol. The number of nitrogens with one attached hydrogen (secondary N) is 1. The minimum Gasteiger partial charge on any atom is -0.497 e. The normalized spacial score (nSPS) is 13.1. The van der Waals surface area contributed by atoms with Gasteiger partial charge in [0.25, 0.3) is 0 Å². The molecule has 1 rings (SSSR count). The Morgan fingerprint density at radius 1 is 1.19 bits per heavy atom. The van der Waals surface area contributed by atoms with Crippen LogP contribution in [0.1, 0.15) is 27.2 Å². The van der Waals surface area contributed by atoms with Gasteiger partial charge < -0.3 is 14.8 Å². The molecule has 1 aromatic carbocycles. The first kappa shape index (κ1) is 17.0. The third-order valence-electron chi connectivity index (χ3n) is 3.32. The van der Waals surface area contributed by atoms with Crippen molar-refractivity contribution >= 4 is 17.4 Å². The van der Waals surface area contributed by atoms with Crippen molar-refractivity contribution in [2.24, 2.45) is 5.92 Å². The van der Waals surface area contributed by atoms with Crippen LogP contribution < -0.4 is 10.1 Å². The second-order valence-corrected chi connectivity index (χ2v) is 4.73. The van der Waals surface area contributed by atoms with Crippen LogP contribution in [-0.4, -0.2) is 31.5 Å². The highest BCUT2D eigenvalue weighted by molar-refractivity contribution is 5.89. The number of Topliss-reactive ketones (excluding diaryl/α,β-unsaturated/α-hetero) is 1. The highest BCUT2D eigenvalue weighted by Crippen LogP contribution is 2.20. The average Bonchev–Trinajstić information content (AvgIpc) is 2.47. The third-order valence-corrected chi connectivity index (χ3v) is 3.32. The van der Waals surface area contributed by atoms with Crippen molar-refractivity contribution in [2.75, 3.05) is 19.0 Å². The molecule has 21 heavy (non-hydrogen) atoms. The van der Waals surface area contributed by atoms with E-state index in [0.29, 0.717) is 6.42 Å². The number of carbonyl (C=O) groups is 2. The van der Waals surface area contributed by atoms with Crippen molar-refractivity contribution in [1.82, 2.24) is 0 Å². The van der Waals surface area contributed by atoms with Crippen molar-refractivity contribution in [2.45, 2.75) is 33.2 Å². The van der Waals surface area contributed by atoms with E-state index in [1.165, 1.54) is 6.92 Å². The molecule has 5 nitrogen and oxygen atoms in total. The van der Waals surface area contributed by atoms with E-state index < -0.39 is 17.9 Å². The molecule has 2 atom stereocenters. The summed E-state index contributed by atoms with van der Waals surface area (Å²) >= 11 is 0. The number of ether oxygens (including phenoxy) is 2. The molecule has 0 aromatic heterocycles. The molecular weight excluding hydrogens is 270 g/mol. The van der Waals surface area contributed by atoms with E-state index in [-0.39, 0.29) is 12.4 Å². The molecule has 0 unspecified atom stereocenters. The molecule has 0 aliphatic rings. The van der Waals surface area contributed by atoms with Gasteiger partial charge in [-0.05, 0) is 44.5 Å². The van der Waals surface area contributed by atoms with Crippen LogP contribution >= 0.6 is 0 Å². The van der Waals surface area contributed by atoms with Gasteiger partial charge in [-0.2, -0.15) is 0 Å². The van der Waals surface area contributed by atoms with E-state index in [0.717, 1.165) is 11.4 Å². The second-order valence-electron chi connectivity index (χ2n) is 4.73. The van der Waals surface area contributed by atoms with Crippen molar-refractivity contribution in [1.29, 1.82) is 0 Å². The minimum atomic E-state index is -0.680. The highest BCUT2D eigenvalue weighted by Gasteiger charge is 2.31. The van der Waals surface area contributed by atoms with Crippen LogP contribution in [0, 0.1) is 5.92 Å². The lowest BCUT2D eigenvalue weighted by Gasteiger charge is -2.24. The summed E-state index contributed by atoms with van der Waals surface area (Å²) in [6, 6.07) is 6.51. The van der Waals surface area contributed by atoms with E-state index in [9.17, 15) is 9.59 Å². The smallest absolute Gasteiger partial charge is 0.329 e. The number of methoxy groups -OCH3 is 1. The Hall–Kier alpha value is -2.04. The number of hydrogen-bond acceptors (Lipinski definition) is 5. The fourth-order valence-electron chi connectivity index (χ4n) is 2.18. The van der Waals surface area contributed by atoms with Gasteiger partial charge in [-0.1, -0.05) is 6.92 Å². The zero-order chi connectivity index (χ0) is 15.8. The maximum Gasteiger partial charge on any atom is 0.329 e. The van der Waals surface area contributed by atoms with Gasteiger partial charge >= 0.3 is 5.97 Å². The van der Waals surface area contributed by atoms with Crippen molar-refractivity contribution in [3.63, 3.8) is 0 Å². The first-order chi connectivity index (χ1) is 10.0. The molecule has 116 valence electrons. The van der Waals surface area contributed by atoms with Gasteiger partial charge in [0, 0.05) is 11.6 Å². The van der Waals surface area contributed by atoms with Crippen molar-refractivity contribution < 1.29 is 19.1 Å². The summed E-state index contributed by atoms with van der Waals surface area (Å²) in [5.41, 5.74) is 0.744. The zero-order valence-corrected chi connectivity index (χ0v) is 13.0. The Balaban J connectivity index is 2.94. The molecule has 0 radical (unpaired) electrons. The molecule has 0 spiro atoms. The molecule has 0 fully saturated rings. The predicted molar refractivity (Wildman–Crippen MR) is 81.5 cm³/mol. The quantitative estimate of drug-likeness (QED) is 0.746. The Kier molecular flexibility index (Phi) is 6.72. The molecule has 0 bridgehead atoms. The standard InChI is InChI=1S/C16H23NO4/c1-5-14(11(3)18)15(16(19)21-6-2)17-12-7-9-13(20-4)10-8-12/h7-10,14-15,17H,5-6H2,1-4H3/t14-,15-/m0/s1. The van der Waals surface area contributed by atoms with E-state index >= 15 is 0 Å². The lowest BCUT2D eigenvalue weighted by molar-refractivity contribution is -0.147. The zero-order valence-electron chi connectivity index (χ0n) is 13.0. The molecule has 1 aromatic rings. The van der Waals surface area contributed by atoms with E-state index in [1.807, 2.05) is 6.92 Å². The van der Waals surface area contributed by atoms with E-state index in [4.69, 9.17) is 9.47 Å². The molecule has 0 heterocycles. The number of esters is 1. The van der Waals surface area contributed by atoms with Crippen LogP contribution in [0.25, 0.3) is 0 Å². The summed E-state index contributed by atoms with van der Waals surface area (Å²) in [6.07, 6.45) is 0.571. The lowest BCUT2D eigenvalue weighted by atomic mass is 9.92. The van der Waals surface area contributed by atoms with Gasteiger partial charge in [0.05, 0.1) is 13.7 Å². The molecular formula is C16H23NO4. The molecule has 0 aliphatic heterocycles. The third kappa shape index (κ3) is 4.77. The highest BCUT2D eigenvalue weighted by atomic mass is 16.5. The molecule has 0 amide bonds. The molecule has 1 N–H and O–H groups in total. The summed E-state index contributed by atoms with van der Waals surface area (Å²) < 4.78 is 10.2. The van der Waals surface area contributed by atoms with Gasteiger partial charge in [-0.15, -0.1) is 0 Å². The maximum absolute atomic E-state index is 12.1. The van der Waals surface area contributed by atoms with E-state index in [2.05, 4.69) is 5.32 Å². The van der Waals surface area contributed by atoms with Crippen molar-refractivity contribution in [3.05, 3.63) is 24.3 Å². The number of carbonyl (C=O) groups excluding carboxylic acids is 2. The largest absolute Gasteiger partial charge is 0.497 e. The van der Waals surface area contributed by atoms with Crippen LogP contribution in [0.5, 0.6) is 5.75 Å². The van der Waals surface area contributed by atoms with Gasteiger partial charge in [-0.25, -0.2) is 4.79 Å². The number of hydrogen-bond donors (Lipinski definition) is 1. The molecule has 0 saturated heterocycles.